The molecule has 1 atom stereocenters. The molecule has 0 spiro atoms. The van der Waals surface area contributed by atoms with Gasteiger partial charge in [-0.3, -0.25) is 0 Å². The zero-order valence-electron chi connectivity index (χ0n) is 8.10. The minimum Gasteiger partial charge on any atom is -0.374 e. The molecule has 74 valence electrons. The molecule has 1 N–H and O–H groups in total. The molecule has 1 aromatic carbocycles. The van der Waals surface area contributed by atoms with Crippen molar-refractivity contribution in [2.24, 2.45) is 0 Å². The quantitative estimate of drug-likeness (QED) is 0.771. The molecule has 1 aromatic rings. The van der Waals surface area contributed by atoms with Crippen LogP contribution in [-0.4, -0.2) is 10.9 Å². The van der Waals surface area contributed by atoms with Gasteiger partial charge in [0.15, 0.2) is 6.10 Å². The van der Waals surface area contributed by atoms with Crippen LogP contribution in [0, 0.1) is 11.3 Å². The van der Waals surface area contributed by atoms with E-state index in [4.69, 9.17) is 5.26 Å². The summed E-state index contributed by atoms with van der Waals surface area (Å²) in [5.41, 5.74) is 1.78. The monoisotopic (exact) mass is 207 g/mol. The Morgan fingerprint density at radius 2 is 2.21 bits per heavy atom. The lowest BCUT2D eigenvalue weighted by molar-refractivity contribution is 0.235. The standard InChI is InChI=1S/C11H13NOS/c1-2-14-8-9-5-3-4-6-10(9)11(13)7-12/h3-6,11,13H,2,8H2,1H3. The lowest BCUT2D eigenvalue weighted by Crippen LogP contribution is -1.98. The summed E-state index contributed by atoms with van der Waals surface area (Å²) in [7, 11) is 0. The Bertz CT molecular complexity index is 332. The van der Waals surface area contributed by atoms with Gasteiger partial charge in [-0.1, -0.05) is 31.2 Å². The van der Waals surface area contributed by atoms with Gasteiger partial charge in [-0.25, -0.2) is 0 Å². The van der Waals surface area contributed by atoms with E-state index in [9.17, 15) is 5.11 Å². The second-order valence-corrected chi connectivity index (χ2v) is 4.14. The van der Waals surface area contributed by atoms with E-state index in [1.807, 2.05) is 24.3 Å². The first-order chi connectivity index (χ1) is 6.79. The molecule has 1 unspecified atom stereocenters. The molecule has 0 fully saturated rings. The number of hydrogen-bond donors (Lipinski definition) is 1. The first-order valence-electron chi connectivity index (χ1n) is 4.52. The van der Waals surface area contributed by atoms with Gasteiger partial charge in [0.1, 0.15) is 0 Å². The highest BCUT2D eigenvalue weighted by Gasteiger charge is 2.09. The highest BCUT2D eigenvalue weighted by atomic mass is 32.2. The summed E-state index contributed by atoms with van der Waals surface area (Å²) in [4.78, 5) is 0. The fourth-order valence-corrected chi connectivity index (χ4v) is 1.90. The van der Waals surface area contributed by atoms with Gasteiger partial charge in [0.05, 0.1) is 6.07 Å². The first-order valence-corrected chi connectivity index (χ1v) is 5.68. The van der Waals surface area contributed by atoms with Gasteiger partial charge < -0.3 is 5.11 Å². The molecule has 0 aliphatic carbocycles. The lowest BCUT2D eigenvalue weighted by Gasteiger charge is -2.09. The smallest absolute Gasteiger partial charge is 0.166 e. The molecule has 2 nitrogen and oxygen atoms in total. The van der Waals surface area contributed by atoms with Gasteiger partial charge in [-0.05, 0) is 16.9 Å². The van der Waals surface area contributed by atoms with Crippen LogP contribution in [0.1, 0.15) is 24.2 Å². The number of nitrogens with zero attached hydrogens (tertiary/aromatic N) is 1. The SMILES string of the molecule is CCSCc1ccccc1C(O)C#N. The van der Waals surface area contributed by atoms with E-state index in [-0.39, 0.29) is 0 Å². The van der Waals surface area contributed by atoms with E-state index in [0.29, 0.717) is 0 Å². The summed E-state index contributed by atoms with van der Waals surface area (Å²) in [5.74, 6) is 1.89. The van der Waals surface area contributed by atoms with Gasteiger partial charge in [0, 0.05) is 5.75 Å². The summed E-state index contributed by atoms with van der Waals surface area (Å²) in [6, 6.07) is 9.38. The second-order valence-electron chi connectivity index (χ2n) is 2.87. The van der Waals surface area contributed by atoms with Crippen LogP contribution in [0.25, 0.3) is 0 Å². The number of rotatable bonds is 4. The number of nitriles is 1. The van der Waals surface area contributed by atoms with Crippen LogP contribution in [0.3, 0.4) is 0 Å². The molecule has 0 aliphatic rings. The maximum atomic E-state index is 9.44. The van der Waals surface area contributed by atoms with Crippen LogP contribution in [0.15, 0.2) is 24.3 Å². The Balaban J connectivity index is 2.86. The minimum atomic E-state index is -0.997. The summed E-state index contributed by atoms with van der Waals surface area (Å²) in [6.07, 6.45) is -0.997. The molecular formula is C11H13NOS. The molecule has 0 aliphatic heterocycles. The molecule has 14 heavy (non-hydrogen) atoms. The maximum absolute atomic E-state index is 9.44. The van der Waals surface area contributed by atoms with E-state index >= 15 is 0 Å². The van der Waals surface area contributed by atoms with Gasteiger partial charge in [0.25, 0.3) is 0 Å². The van der Waals surface area contributed by atoms with Crippen molar-refractivity contribution >= 4 is 11.8 Å². The predicted octanol–water partition coefficient (Wildman–Crippen LogP) is 2.50. The van der Waals surface area contributed by atoms with Crippen LogP contribution < -0.4 is 0 Å². The van der Waals surface area contributed by atoms with Crippen molar-refractivity contribution in [1.29, 1.82) is 5.26 Å². The number of aliphatic hydroxyl groups excluding tert-OH is 1. The van der Waals surface area contributed by atoms with Crippen LogP contribution >= 0.6 is 11.8 Å². The fourth-order valence-electron chi connectivity index (χ4n) is 1.21. The second kappa shape index (κ2) is 5.69. The summed E-state index contributed by atoms with van der Waals surface area (Å²) < 4.78 is 0. The topological polar surface area (TPSA) is 44.0 Å². The molecule has 3 heteroatoms. The number of aliphatic hydroxyl groups is 1. The highest BCUT2D eigenvalue weighted by Crippen LogP contribution is 2.21. The van der Waals surface area contributed by atoms with Crippen molar-refractivity contribution in [3.05, 3.63) is 35.4 Å². The van der Waals surface area contributed by atoms with Crippen molar-refractivity contribution in [1.82, 2.24) is 0 Å². The van der Waals surface area contributed by atoms with Crippen LogP contribution in [0.5, 0.6) is 0 Å². The normalized spacial score (nSPS) is 12.1. The van der Waals surface area contributed by atoms with E-state index in [1.54, 1.807) is 17.8 Å². The van der Waals surface area contributed by atoms with Crippen molar-refractivity contribution in [3.8, 4) is 6.07 Å². The van der Waals surface area contributed by atoms with Gasteiger partial charge in [0.2, 0.25) is 0 Å². The van der Waals surface area contributed by atoms with Crippen LogP contribution in [-0.2, 0) is 5.75 Å². The number of benzene rings is 1. The predicted molar refractivity (Wildman–Crippen MR) is 58.9 cm³/mol. The summed E-state index contributed by atoms with van der Waals surface area (Å²) in [6.45, 7) is 2.09. The van der Waals surface area contributed by atoms with Crippen molar-refractivity contribution in [2.75, 3.05) is 5.75 Å². The Labute approximate surface area is 88.6 Å². The van der Waals surface area contributed by atoms with Gasteiger partial charge >= 0.3 is 0 Å². The fraction of sp³-hybridized carbons (Fsp3) is 0.364. The lowest BCUT2D eigenvalue weighted by atomic mass is 10.0. The third-order valence-electron chi connectivity index (χ3n) is 1.93. The third kappa shape index (κ3) is 2.76. The van der Waals surface area contributed by atoms with Crippen molar-refractivity contribution in [3.63, 3.8) is 0 Å². The highest BCUT2D eigenvalue weighted by molar-refractivity contribution is 7.98. The van der Waals surface area contributed by atoms with E-state index < -0.39 is 6.10 Å². The molecule has 1 rings (SSSR count). The van der Waals surface area contributed by atoms with E-state index in [0.717, 1.165) is 22.6 Å². The molecule has 0 saturated heterocycles. The largest absolute Gasteiger partial charge is 0.374 e. The third-order valence-corrected chi connectivity index (χ3v) is 2.86. The average molecular weight is 207 g/mol. The summed E-state index contributed by atoms with van der Waals surface area (Å²) in [5, 5.41) is 18.1. The average Bonchev–Trinajstić information content (AvgIpc) is 2.25. The maximum Gasteiger partial charge on any atom is 0.166 e. The van der Waals surface area contributed by atoms with Crippen LogP contribution in [0.2, 0.25) is 0 Å². The molecule has 0 aromatic heterocycles. The van der Waals surface area contributed by atoms with Gasteiger partial charge in [-0.2, -0.15) is 17.0 Å². The molecule has 0 heterocycles. The van der Waals surface area contributed by atoms with Crippen LogP contribution in [0.4, 0.5) is 0 Å². The van der Waals surface area contributed by atoms with Crippen molar-refractivity contribution < 1.29 is 5.11 Å². The van der Waals surface area contributed by atoms with E-state index in [2.05, 4.69) is 6.92 Å². The molecule has 0 amide bonds. The minimum absolute atomic E-state index is 0.732. The Hall–Kier alpha value is -0.980. The zero-order chi connectivity index (χ0) is 10.4. The Morgan fingerprint density at radius 1 is 1.50 bits per heavy atom. The summed E-state index contributed by atoms with van der Waals surface area (Å²) >= 11 is 1.78. The number of hydrogen-bond acceptors (Lipinski definition) is 3. The van der Waals surface area contributed by atoms with Gasteiger partial charge in [-0.15, -0.1) is 0 Å². The molecule has 0 saturated carbocycles. The van der Waals surface area contributed by atoms with Crippen molar-refractivity contribution in [2.45, 2.75) is 18.8 Å². The Kier molecular flexibility index (Phi) is 4.51. The molecular weight excluding hydrogens is 194 g/mol. The number of thioether (sulfide) groups is 1. The molecule has 0 bridgehead atoms. The zero-order valence-corrected chi connectivity index (χ0v) is 8.92. The molecule has 0 radical (unpaired) electrons. The van der Waals surface area contributed by atoms with E-state index in [1.165, 1.54) is 0 Å². The first kappa shape index (κ1) is 11.1. The Morgan fingerprint density at radius 3 is 2.86 bits per heavy atom.